The third-order valence-electron chi connectivity index (χ3n) is 4.75. The van der Waals surface area contributed by atoms with Gasteiger partial charge in [-0.25, -0.2) is 8.78 Å². The van der Waals surface area contributed by atoms with Crippen molar-refractivity contribution in [1.82, 2.24) is 4.90 Å². The molecule has 0 radical (unpaired) electrons. The number of para-hydroxylation sites is 1. The maximum absolute atomic E-state index is 13.8. The molecule has 0 bridgehead atoms. The number of benzene rings is 2. The molecule has 1 aliphatic heterocycles. The van der Waals surface area contributed by atoms with Gasteiger partial charge in [0.15, 0.2) is 0 Å². The highest BCUT2D eigenvalue weighted by molar-refractivity contribution is 7.10. The Morgan fingerprint density at radius 1 is 1.07 bits per heavy atom. The molecule has 138 valence electrons. The lowest BCUT2D eigenvalue weighted by atomic mass is 9.93. The Kier molecular flexibility index (Phi) is 5.01. The van der Waals surface area contributed by atoms with Crippen LogP contribution in [0.25, 0.3) is 0 Å². The summed E-state index contributed by atoms with van der Waals surface area (Å²) >= 11 is 1.72. The molecule has 2 aromatic carbocycles. The largest absolute Gasteiger partial charge is 0.320 e. The molecular weight excluding hydrogens is 366 g/mol. The first-order valence-corrected chi connectivity index (χ1v) is 9.60. The second kappa shape index (κ2) is 7.58. The molecule has 0 unspecified atom stereocenters. The van der Waals surface area contributed by atoms with Crippen LogP contribution >= 0.6 is 11.3 Å². The van der Waals surface area contributed by atoms with E-state index in [1.807, 2.05) is 30.3 Å². The highest BCUT2D eigenvalue weighted by Crippen LogP contribution is 2.37. The second-order valence-electron chi connectivity index (χ2n) is 6.48. The second-order valence-corrected chi connectivity index (χ2v) is 7.48. The van der Waals surface area contributed by atoms with Crippen molar-refractivity contribution in [3.05, 3.63) is 87.6 Å². The van der Waals surface area contributed by atoms with Crippen LogP contribution in [0.1, 0.15) is 22.0 Å². The predicted octanol–water partition coefficient (Wildman–Crippen LogP) is 4.61. The van der Waals surface area contributed by atoms with Crippen LogP contribution in [-0.2, 0) is 11.2 Å². The van der Waals surface area contributed by atoms with Gasteiger partial charge in [0.05, 0.1) is 12.6 Å². The molecular formula is C21H18F2N2OS. The first kappa shape index (κ1) is 17.8. The quantitative estimate of drug-likeness (QED) is 0.712. The number of nitrogens with one attached hydrogen (secondary N) is 1. The number of rotatable bonds is 4. The van der Waals surface area contributed by atoms with Crippen molar-refractivity contribution in [2.75, 3.05) is 18.4 Å². The van der Waals surface area contributed by atoms with Crippen molar-refractivity contribution in [2.24, 2.45) is 0 Å². The zero-order chi connectivity index (χ0) is 18.8. The van der Waals surface area contributed by atoms with Gasteiger partial charge in [0, 0.05) is 11.4 Å². The van der Waals surface area contributed by atoms with E-state index in [-0.39, 0.29) is 12.6 Å². The summed E-state index contributed by atoms with van der Waals surface area (Å²) in [5.74, 6) is -1.98. The fraction of sp³-hybridized carbons (Fsp3) is 0.190. The maximum Gasteiger partial charge on any atom is 0.238 e. The van der Waals surface area contributed by atoms with E-state index in [1.165, 1.54) is 16.5 Å². The van der Waals surface area contributed by atoms with Crippen LogP contribution in [0.15, 0.2) is 60.0 Å². The Bertz CT molecular complexity index is 938. The molecule has 27 heavy (non-hydrogen) atoms. The SMILES string of the molecule is O=C(CN1CCc2sccc2[C@H]1c1ccccc1)Nc1c(F)cccc1F. The van der Waals surface area contributed by atoms with Gasteiger partial charge in [0.1, 0.15) is 17.3 Å². The highest BCUT2D eigenvalue weighted by atomic mass is 32.1. The van der Waals surface area contributed by atoms with E-state index in [9.17, 15) is 13.6 Å². The Labute approximate surface area is 160 Å². The smallest absolute Gasteiger partial charge is 0.238 e. The van der Waals surface area contributed by atoms with Crippen molar-refractivity contribution in [3.63, 3.8) is 0 Å². The van der Waals surface area contributed by atoms with Crippen LogP contribution in [0.5, 0.6) is 0 Å². The van der Waals surface area contributed by atoms with Crippen molar-refractivity contribution in [3.8, 4) is 0 Å². The first-order chi connectivity index (χ1) is 13.1. The number of hydrogen-bond acceptors (Lipinski definition) is 3. The predicted molar refractivity (Wildman–Crippen MR) is 103 cm³/mol. The normalized spacial score (nSPS) is 16.7. The van der Waals surface area contributed by atoms with E-state index >= 15 is 0 Å². The van der Waals surface area contributed by atoms with Crippen molar-refractivity contribution in [2.45, 2.75) is 12.5 Å². The fourth-order valence-electron chi connectivity index (χ4n) is 3.54. The van der Waals surface area contributed by atoms with Crippen molar-refractivity contribution >= 4 is 22.9 Å². The Morgan fingerprint density at radius 2 is 1.81 bits per heavy atom. The van der Waals surface area contributed by atoms with E-state index in [1.54, 1.807) is 11.3 Å². The van der Waals surface area contributed by atoms with Gasteiger partial charge in [-0.1, -0.05) is 36.4 Å². The number of fused-ring (bicyclic) bond motifs is 1. The average Bonchev–Trinajstić information content (AvgIpc) is 3.14. The van der Waals surface area contributed by atoms with Crippen LogP contribution < -0.4 is 5.32 Å². The number of hydrogen-bond donors (Lipinski definition) is 1. The van der Waals surface area contributed by atoms with Gasteiger partial charge >= 0.3 is 0 Å². The molecule has 1 N–H and O–H groups in total. The van der Waals surface area contributed by atoms with Crippen LogP contribution in [0.2, 0.25) is 0 Å². The van der Waals surface area contributed by atoms with Gasteiger partial charge in [0.2, 0.25) is 5.91 Å². The molecule has 1 atom stereocenters. The summed E-state index contributed by atoms with van der Waals surface area (Å²) in [7, 11) is 0. The summed E-state index contributed by atoms with van der Waals surface area (Å²) < 4.78 is 27.6. The Balaban J connectivity index is 1.58. The minimum Gasteiger partial charge on any atom is -0.320 e. The molecule has 0 saturated carbocycles. The molecule has 1 amide bonds. The number of amides is 1. The van der Waals surface area contributed by atoms with Crippen LogP contribution in [-0.4, -0.2) is 23.9 Å². The van der Waals surface area contributed by atoms with Gasteiger partial charge in [0.25, 0.3) is 0 Å². The third kappa shape index (κ3) is 3.63. The molecule has 0 fully saturated rings. The minimum absolute atomic E-state index is 0.0441. The van der Waals surface area contributed by atoms with E-state index in [0.29, 0.717) is 6.54 Å². The van der Waals surface area contributed by atoms with Gasteiger partial charge in [-0.15, -0.1) is 11.3 Å². The third-order valence-corrected chi connectivity index (χ3v) is 5.75. The lowest BCUT2D eigenvalue weighted by Gasteiger charge is -2.35. The molecule has 3 nitrogen and oxygen atoms in total. The average molecular weight is 384 g/mol. The minimum atomic E-state index is -0.776. The Morgan fingerprint density at radius 3 is 2.56 bits per heavy atom. The maximum atomic E-state index is 13.8. The number of thiophene rings is 1. The van der Waals surface area contributed by atoms with Crippen LogP contribution in [0.4, 0.5) is 14.5 Å². The van der Waals surface area contributed by atoms with E-state index in [2.05, 4.69) is 21.7 Å². The molecule has 0 spiro atoms. The standard InChI is InChI=1S/C21H18F2N2OS/c22-16-7-4-8-17(23)20(16)24-19(26)13-25-11-9-18-15(10-12-27-18)21(25)14-5-2-1-3-6-14/h1-8,10,12,21H,9,11,13H2,(H,24,26)/t21-/m1/s1. The number of nitrogens with zero attached hydrogens (tertiary/aromatic N) is 1. The van der Waals surface area contributed by atoms with Crippen molar-refractivity contribution < 1.29 is 13.6 Å². The zero-order valence-corrected chi connectivity index (χ0v) is 15.3. The summed E-state index contributed by atoms with van der Waals surface area (Å²) in [6, 6.07) is 15.6. The Hall–Kier alpha value is -2.57. The molecule has 6 heteroatoms. The number of carbonyl (C=O) groups excluding carboxylic acids is 1. The molecule has 1 aliphatic rings. The zero-order valence-electron chi connectivity index (χ0n) is 14.5. The lowest BCUT2D eigenvalue weighted by Crippen LogP contribution is -2.40. The highest BCUT2D eigenvalue weighted by Gasteiger charge is 2.31. The molecule has 0 aliphatic carbocycles. The summed E-state index contributed by atoms with van der Waals surface area (Å²) in [4.78, 5) is 15.9. The van der Waals surface area contributed by atoms with Crippen LogP contribution in [0.3, 0.4) is 0 Å². The molecule has 4 rings (SSSR count). The van der Waals surface area contributed by atoms with Gasteiger partial charge < -0.3 is 5.32 Å². The topological polar surface area (TPSA) is 32.3 Å². The van der Waals surface area contributed by atoms with Gasteiger partial charge in [-0.05, 0) is 41.1 Å². The van der Waals surface area contributed by atoms with Gasteiger partial charge in [-0.3, -0.25) is 9.69 Å². The van der Waals surface area contributed by atoms with Crippen molar-refractivity contribution in [1.29, 1.82) is 0 Å². The summed E-state index contributed by atoms with van der Waals surface area (Å²) in [5.41, 5.74) is 1.90. The molecule has 3 aromatic rings. The van der Waals surface area contributed by atoms with E-state index in [4.69, 9.17) is 0 Å². The summed E-state index contributed by atoms with van der Waals surface area (Å²) in [6.07, 6.45) is 0.859. The molecule has 2 heterocycles. The number of halogens is 2. The monoisotopic (exact) mass is 384 g/mol. The van der Waals surface area contributed by atoms with E-state index in [0.717, 1.165) is 24.1 Å². The number of anilines is 1. The van der Waals surface area contributed by atoms with Gasteiger partial charge in [-0.2, -0.15) is 0 Å². The van der Waals surface area contributed by atoms with Crippen LogP contribution in [0, 0.1) is 11.6 Å². The summed E-state index contributed by atoms with van der Waals surface area (Å²) in [5, 5.41) is 4.46. The van der Waals surface area contributed by atoms with E-state index < -0.39 is 23.2 Å². The lowest BCUT2D eigenvalue weighted by molar-refractivity contribution is -0.117. The summed E-state index contributed by atoms with van der Waals surface area (Å²) in [6.45, 7) is 0.767. The number of carbonyl (C=O) groups is 1. The fourth-order valence-corrected chi connectivity index (χ4v) is 4.45. The molecule has 0 saturated heterocycles. The molecule has 1 aromatic heterocycles. The first-order valence-electron chi connectivity index (χ1n) is 8.72.